The molecular formula is C19H16IN5O2. The summed E-state index contributed by atoms with van der Waals surface area (Å²) in [7, 11) is 0. The second-order valence-electron chi connectivity index (χ2n) is 6.76. The van der Waals surface area contributed by atoms with E-state index in [2.05, 4.69) is 47.7 Å². The molecule has 0 spiro atoms. The van der Waals surface area contributed by atoms with Gasteiger partial charge in [-0.15, -0.1) is 10.2 Å². The Hall–Kier alpha value is -2.49. The highest BCUT2D eigenvalue weighted by molar-refractivity contribution is 14.1. The number of fused-ring (bicyclic) bond motifs is 7. The normalized spacial score (nSPS) is 21.0. The molecule has 3 heterocycles. The monoisotopic (exact) mass is 473 g/mol. The van der Waals surface area contributed by atoms with Crippen molar-refractivity contribution in [2.45, 2.75) is 18.9 Å². The summed E-state index contributed by atoms with van der Waals surface area (Å²) in [4.78, 5) is 17.4. The molecule has 1 amide bonds. The molecule has 0 unspecified atom stereocenters. The number of anilines is 1. The van der Waals surface area contributed by atoms with Crippen molar-refractivity contribution < 1.29 is 9.53 Å². The SMILES string of the molecule is O=C1Nc2cccc(n2)-c2nncn2[C@@H]2C[C@H]2CCOc2ccc(I)cc21. The molecule has 8 heteroatoms. The van der Waals surface area contributed by atoms with Crippen LogP contribution < -0.4 is 10.1 Å². The summed E-state index contributed by atoms with van der Waals surface area (Å²) < 4.78 is 9.01. The van der Waals surface area contributed by atoms with E-state index in [9.17, 15) is 4.79 Å². The van der Waals surface area contributed by atoms with E-state index in [1.165, 1.54) is 0 Å². The highest BCUT2D eigenvalue weighted by Crippen LogP contribution is 2.47. The lowest BCUT2D eigenvalue weighted by atomic mass is 10.2. The number of hydrogen-bond acceptors (Lipinski definition) is 5. The number of hydrogen-bond donors (Lipinski definition) is 1. The molecule has 5 rings (SSSR count). The Labute approximate surface area is 169 Å². The maximum Gasteiger partial charge on any atom is 0.260 e. The Balaban J connectivity index is 1.58. The van der Waals surface area contributed by atoms with Crippen molar-refractivity contribution in [2.24, 2.45) is 5.92 Å². The number of nitrogens with one attached hydrogen (secondary N) is 1. The molecule has 1 aromatic carbocycles. The molecule has 1 fully saturated rings. The van der Waals surface area contributed by atoms with Crippen LogP contribution in [0, 0.1) is 9.49 Å². The minimum Gasteiger partial charge on any atom is -0.493 e. The zero-order valence-electron chi connectivity index (χ0n) is 14.3. The first kappa shape index (κ1) is 16.7. The number of amides is 1. The van der Waals surface area contributed by atoms with Gasteiger partial charge in [0.05, 0.1) is 12.2 Å². The zero-order chi connectivity index (χ0) is 18.4. The van der Waals surface area contributed by atoms with Crippen LogP contribution in [0.5, 0.6) is 5.75 Å². The van der Waals surface area contributed by atoms with Gasteiger partial charge in [0, 0.05) is 9.61 Å². The number of carbonyl (C=O) groups is 1. The topological polar surface area (TPSA) is 81.9 Å². The molecule has 1 aliphatic heterocycles. The lowest BCUT2D eigenvalue weighted by molar-refractivity contribution is 0.102. The summed E-state index contributed by atoms with van der Waals surface area (Å²) >= 11 is 2.19. The smallest absolute Gasteiger partial charge is 0.260 e. The van der Waals surface area contributed by atoms with E-state index in [1.54, 1.807) is 12.4 Å². The molecule has 1 saturated carbocycles. The third kappa shape index (κ3) is 3.18. The van der Waals surface area contributed by atoms with Crippen LogP contribution in [0.15, 0.2) is 42.7 Å². The van der Waals surface area contributed by atoms with Crippen LogP contribution in [-0.4, -0.2) is 32.3 Å². The molecule has 3 aromatic rings. The van der Waals surface area contributed by atoms with Crippen LogP contribution in [0.1, 0.15) is 29.2 Å². The van der Waals surface area contributed by atoms with Gasteiger partial charge < -0.3 is 14.6 Å². The molecule has 2 aromatic heterocycles. The molecule has 0 saturated heterocycles. The van der Waals surface area contributed by atoms with Crippen molar-refractivity contribution in [3.05, 3.63) is 51.9 Å². The van der Waals surface area contributed by atoms with E-state index < -0.39 is 0 Å². The van der Waals surface area contributed by atoms with Crippen molar-refractivity contribution in [3.63, 3.8) is 0 Å². The molecule has 2 aliphatic rings. The van der Waals surface area contributed by atoms with Crippen molar-refractivity contribution >= 4 is 34.3 Å². The molecular weight excluding hydrogens is 457 g/mol. The van der Waals surface area contributed by atoms with Crippen LogP contribution in [0.25, 0.3) is 11.5 Å². The minimum atomic E-state index is -0.240. The van der Waals surface area contributed by atoms with Gasteiger partial charge in [-0.25, -0.2) is 4.98 Å². The summed E-state index contributed by atoms with van der Waals surface area (Å²) in [5, 5.41) is 11.2. The van der Waals surface area contributed by atoms with Crippen molar-refractivity contribution in [3.8, 4) is 17.3 Å². The van der Waals surface area contributed by atoms with Crippen LogP contribution >= 0.6 is 22.6 Å². The van der Waals surface area contributed by atoms with Gasteiger partial charge in [0.25, 0.3) is 5.91 Å². The number of nitrogens with zero attached hydrogens (tertiary/aromatic N) is 4. The largest absolute Gasteiger partial charge is 0.493 e. The molecule has 2 atom stereocenters. The predicted molar refractivity (Wildman–Crippen MR) is 108 cm³/mol. The Morgan fingerprint density at radius 2 is 2.19 bits per heavy atom. The average molecular weight is 473 g/mol. The standard InChI is InChI=1S/C19H16IN5O2/c20-12-4-5-16-13(9-12)19(26)23-17-3-1-2-14(22-17)18-24-21-10-25(18)15-8-11(15)6-7-27-16/h1-5,9-11,15H,6-8H2,(H,22,23,26)/t11-,15-/m1/s1. The molecule has 1 N–H and O–H groups in total. The molecule has 27 heavy (non-hydrogen) atoms. The number of aromatic nitrogens is 4. The number of pyridine rings is 1. The highest BCUT2D eigenvalue weighted by Gasteiger charge is 2.40. The molecule has 136 valence electrons. The van der Waals surface area contributed by atoms with E-state index >= 15 is 0 Å². The fourth-order valence-electron chi connectivity index (χ4n) is 3.49. The third-order valence-electron chi connectivity index (χ3n) is 4.97. The molecule has 0 radical (unpaired) electrons. The van der Waals surface area contributed by atoms with E-state index in [4.69, 9.17) is 4.74 Å². The lowest BCUT2D eigenvalue weighted by Gasteiger charge is -2.14. The fraction of sp³-hybridized carbons (Fsp3) is 0.263. The Morgan fingerprint density at radius 3 is 3.11 bits per heavy atom. The Morgan fingerprint density at radius 1 is 1.26 bits per heavy atom. The van der Waals surface area contributed by atoms with Gasteiger partial charge in [0.1, 0.15) is 23.6 Å². The van der Waals surface area contributed by atoms with Gasteiger partial charge in [-0.05, 0) is 71.7 Å². The van der Waals surface area contributed by atoms with E-state index in [-0.39, 0.29) is 5.91 Å². The van der Waals surface area contributed by atoms with Gasteiger partial charge in [0.15, 0.2) is 5.82 Å². The predicted octanol–water partition coefficient (Wildman–Crippen LogP) is 3.54. The van der Waals surface area contributed by atoms with Crippen molar-refractivity contribution in [1.29, 1.82) is 0 Å². The third-order valence-corrected chi connectivity index (χ3v) is 5.64. The summed E-state index contributed by atoms with van der Waals surface area (Å²) in [6.45, 7) is 0.572. The second kappa shape index (κ2) is 6.59. The quantitative estimate of drug-likeness (QED) is 0.506. The van der Waals surface area contributed by atoms with Gasteiger partial charge in [0.2, 0.25) is 0 Å². The number of carbonyl (C=O) groups excluding carboxylic acids is 1. The van der Waals surface area contributed by atoms with E-state index in [0.717, 1.165) is 22.2 Å². The maximum absolute atomic E-state index is 12.8. The average Bonchev–Trinajstić information content (AvgIpc) is 3.26. The summed E-state index contributed by atoms with van der Waals surface area (Å²) in [6, 6.07) is 11.5. The van der Waals surface area contributed by atoms with Gasteiger partial charge >= 0.3 is 0 Å². The lowest BCUT2D eigenvalue weighted by Crippen LogP contribution is -2.16. The minimum absolute atomic E-state index is 0.240. The van der Waals surface area contributed by atoms with Crippen molar-refractivity contribution in [1.82, 2.24) is 19.7 Å². The Bertz CT molecular complexity index is 1030. The van der Waals surface area contributed by atoms with Crippen LogP contribution in [-0.2, 0) is 0 Å². The van der Waals surface area contributed by atoms with Gasteiger partial charge in [-0.2, -0.15) is 0 Å². The fourth-order valence-corrected chi connectivity index (χ4v) is 3.98. The summed E-state index contributed by atoms with van der Waals surface area (Å²) in [5.74, 6) is 2.08. The van der Waals surface area contributed by atoms with E-state index in [1.807, 2.05) is 30.3 Å². The molecule has 1 aliphatic carbocycles. The first-order valence-corrected chi connectivity index (χ1v) is 9.87. The Kier molecular flexibility index (Phi) is 4.07. The zero-order valence-corrected chi connectivity index (χ0v) is 16.5. The number of halogens is 1. The highest BCUT2D eigenvalue weighted by atomic mass is 127. The van der Waals surface area contributed by atoms with Crippen molar-refractivity contribution in [2.75, 3.05) is 11.9 Å². The first-order valence-electron chi connectivity index (χ1n) is 8.80. The number of ether oxygens (including phenoxy) is 1. The van der Waals surface area contributed by atoms with Crippen LogP contribution in [0.2, 0.25) is 0 Å². The first-order chi connectivity index (χ1) is 13.2. The molecule has 7 nitrogen and oxygen atoms in total. The maximum atomic E-state index is 12.8. The van der Waals surface area contributed by atoms with Gasteiger partial charge in [-0.1, -0.05) is 6.07 Å². The molecule has 2 bridgehead atoms. The summed E-state index contributed by atoms with van der Waals surface area (Å²) in [6.07, 6.45) is 3.75. The van der Waals surface area contributed by atoms with E-state index in [0.29, 0.717) is 41.4 Å². The van der Waals surface area contributed by atoms with Gasteiger partial charge in [-0.3, -0.25) is 4.79 Å². The number of benzene rings is 1. The second-order valence-corrected chi connectivity index (χ2v) is 8.01. The summed E-state index contributed by atoms with van der Waals surface area (Å²) in [5.41, 5.74) is 1.22. The van der Waals surface area contributed by atoms with Crippen LogP contribution in [0.4, 0.5) is 5.82 Å². The number of rotatable bonds is 0. The van der Waals surface area contributed by atoms with Crippen LogP contribution in [0.3, 0.4) is 0 Å².